The van der Waals surface area contributed by atoms with Crippen LogP contribution in [-0.2, 0) is 6.54 Å². The highest BCUT2D eigenvalue weighted by atomic mass is 19.1. The first-order chi connectivity index (χ1) is 16.6. The van der Waals surface area contributed by atoms with E-state index >= 15 is 0 Å². The van der Waals surface area contributed by atoms with Gasteiger partial charge in [-0.3, -0.25) is 0 Å². The largest absolute Gasteiger partial charge is 0.497 e. The average Bonchev–Trinajstić information content (AvgIpc) is 3.26. The molecule has 1 fully saturated rings. The van der Waals surface area contributed by atoms with E-state index in [2.05, 4.69) is 30.4 Å². The second kappa shape index (κ2) is 9.56. The van der Waals surface area contributed by atoms with E-state index in [1.54, 1.807) is 13.3 Å². The first kappa shape index (κ1) is 22.0. The molecule has 0 aliphatic carbocycles. The fraction of sp³-hybridized carbons (Fsp3) is 0.280. The van der Waals surface area contributed by atoms with Gasteiger partial charge in [0.25, 0.3) is 0 Å². The third-order valence-corrected chi connectivity index (χ3v) is 6.09. The van der Waals surface area contributed by atoms with Gasteiger partial charge in [-0.2, -0.15) is 4.98 Å². The van der Waals surface area contributed by atoms with Crippen molar-refractivity contribution in [2.45, 2.75) is 6.54 Å². The summed E-state index contributed by atoms with van der Waals surface area (Å²) >= 11 is 0. The lowest BCUT2D eigenvalue weighted by molar-refractivity contribution is 0.414. The number of hydrogen-bond donors (Lipinski definition) is 3. The molecule has 9 heteroatoms. The van der Waals surface area contributed by atoms with Crippen molar-refractivity contribution in [2.24, 2.45) is 0 Å². The zero-order chi connectivity index (χ0) is 23.5. The molecule has 0 atom stereocenters. The van der Waals surface area contributed by atoms with Gasteiger partial charge in [0.2, 0.25) is 5.95 Å². The normalized spacial score (nSPS) is 13.8. The van der Waals surface area contributed by atoms with Crippen molar-refractivity contribution < 1.29 is 9.13 Å². The molecule has 1 aliphatic heterocycles. The Bertz CT molecular complexity index is 1300. The van der Waals surface area contributed by atoms with Crippen molar-refractivity contribution in [1.82, 2.24) is 19.9 Å². The van der Waals surface area contributed by atoms with E-state index in [-0.39, 0.29) is 5.82 Å². The molecule has 34 heavy (non-hydrogen) atoms. The van der Waals surface area contributed by atoms with Gasteiger partial charge in [0.05, 0.1) is 19.3 Å². The Morgan fingerprint density at radius 1 is 1.12 bits per heavy atom. The molecule has 8 nitrogen and oxygen atoms in total. The van der Waals surface area contributed by atoms with E-state index < -0.39 is 0 Å². The van der Waals surface area contributed by atoms with Gasteiger partial charge < -0.3 is 30.2 Å². The summed E-state index contributed by atoms with van der Waals surface area (Å²) in [7, 11) is 3.56. The molecule has 4 aromatic rings. The zero-order valence-electron chi connectivity index (χ0n) is 19.3. The molecule has 3 heterocycles. The van der Waals surface area contributed by atoms with Crippen LogP contribution in [0.3, 0.4) is 0 Å². The maximum absolute atomic E-state index is 14.8. The predicted molar refractivity (Wildman–Crippen MR) is 134 cm³/mol. The Kier molecular flexibility index (Phi) is 6.18. The van der Waals surface area contributed by atoms with E-state index in [0.29, 0.717) is 23.9 Å². The molecule has 1 saturated heterocycles. The number of nitrogens with zero attached hydrogens (tertiary/aromatic N) is 4. The highest BCUT2D eigenvalue weighted by Gasteiger charge is 2.15. The summed E-state index contributed by atoms with van der Waals surface area (Å²) in [5.41, 5.74) is 4.13. The topological polar surface area (TPSA) is 79.3 Å². The van der Waals surface area contributed by atoms with Crippen LogP contribution >= 0.6 is 0 Å². The lowest BCUT2D eigenvalue weighted by atomic mass is 10.1. The summed E-state index contributed by atoms with van der Waals surface area (Å²) in [6.07, 6.45) is 3.77. The van der Waals surface area contributed by atoms with Crippen LogP contribution in [-0.4, -0.2) is 54.9 Å². The molecule has 0 spiro atoms. The van der Waals surface area contributed by atoms with Gasteiger partial charge in [0.15, 0.2) is 0 Å². The number of hydrogen-bond acceptors (Lipinski definition) is 7. The Hall–Kier alpha value is -3.85. The van der Waals surface area contributed by atoms with Crippen molar-refractivity contribution in [3.8, 4) is 5.75 Å². The standard InChI is InChI=1S/C25H28FN7O/c1-27-22-5-4-20(34-2)13-18(22)16-33-10-7-17-15-29-25(31-24(17)33)30-19-3-6-23(21(26)14-19)32-11-8-28-9-12-32/h3-7,10,13-15,27-28H,8-9,11-12,16H2,1-2H3,(H,29,30,31). The molecular weight excluding hydrogens is 433 g/mol. The molecule has 5 rings (SSSR count). The van der Waals surface area contributed by atoms with Crippen LogP contribution in [0.1, 0.15) is 5.56 Å². The van der Waals surface area contributed by atoms with Crippen LogP contribution < -0.4 is 25.6 Å². The van der Waals surface area contributed by atoms with Crippen LogP contribution in [0.25, 0.3) is 11.0 Å². The lowest BCUT2D eigenvalue weighted by Crippen LogP contribution is -2.43. The highest BCUT2D eigenvalue weighted by Crippen LogP contribution is 2.27. The van der Waals surface area contributed by atoms with Crippen LogP contribution in [0.4, 0.5) is 27.4 Å². The van der Waals surface area contributed by atoms with Crippen LogP contribution in [0.15, 0.2) is 54.9 Å². The number of aromatic nitrogens is 3. The Labute approximate surface area is 197 Å². The number of fused-ring (bicyclic) bond motifs is 1. The second-order valence-electron chi connectivity index (χ2n) is 8.22. The van der Waals surface area contributed by atoms with Gasteiger partial charge >= 0.3 is 0 Å². The molecule has 3 N–H and O–H groups in total. The van der Waals surface area contributed by atoms with Crippen molar-refractivity contribution in [1.29, 1.82) is 0 Å². The maximum Gasteiger partial charge on any atom is 0.229 e. The van der Waals surface area contributed by atoms with E-state index in [0.717, 1.165) is 54.2 Å². The first-order valence-corrected chi connectivity index (χ1v) is 11.3. The summed E-state index contributed by atoms with van der Waals surface area (Å²) in [4.78, 5) is 11.2. The van der Waals surface area contributed by atoms with Crippen molar-refractivity contribution in [3.63, 3.8) is 0 Å². The van der Waals surface area contributed by atoms with Gasteiger partial charge in [0, 0.05) is 62.4 Å². The van der Waals surface area contributed by atoms with Gasteiger partial charge in [-0.25, -0.2) is 9.37 Å². The number of methoxy groups -OCH3 is 1. The molecule has 0 unspecified atom stereocenters. The minimum absolute atomic E-state index is 0.256. The Balaban J connectivity index is 1.39. The van der Waals surface area contributed by atoms with Crippen LogP contribution in [0.2, 0.25) is 0 Å². The smallest absolute Gasteiger partial charge is 0.229 e. The quantitative estimate of drug-likeness (QED) is 0.386. The monoisotopic (exact) mass is 461 g/mol. The third-order valence-electron chi connectivity index (χ3n) is 6.09. The van der Waals surface area contributed by atoms with E-state index in [9.17, 15) is 4.39 Å². The number of benzene rings is 2. The van der Waals surface area contributed by atoms with Gasteiger partial charge in [-0.05, 0) is 48.0 Å². The average molecular weight is 462 g/mol. The van der Waals surface area contributed by atoms with Crippen molar-refractivity contribution in [3.05, 3.63) is 66.2 Å². The minimum atomic E-state index is -0.256. The van der Waals surface area contributed by atoms with E-state index in [1.807, 2.05) is 49.6 Å². The fourth-order valence-electron chi connectivity index (χ4n) is 4.29. The number of halogens is 1. The van der Waals surface area contributed by atoms with Crippen LogP contribution in [0.5, 0.6) is 5.75 Å². The lowest BCUT2D eigenvalue weighted by Gasteiger charge is -2.29. The Morgan fingerprint density at radius 3 is 2.74 bits per heavy atom. The third kappa shape index (κ3) is 4.47. The molecular formula is C25H28FN7O. The van der Waals surface area contributed by atoms with Crippen molar-refractivity contribution >= 4 is 34.0 Å². The number of ether oxygens (including phenoxy) is 1. The fourth-order valence-corrected chi connectivity index (χ4v) is 4.29. The summed E-state index contributed by atoms with van der Waals surface area (Å²) in [6, 6.07) is 13.1. The van der Waals surface area contributed by atoms with Crippen LogP contribution in [0, 0.1) is 5.82 Å². The summed E-state index contributed by atoms with van der Waals surface area (Å²) < 4.78 is 22.3. The zero-order valence-corrected chi connectivity index (χ0v) is 19.3. The van der Waals surface area contributed by atoms with Gasteiger partial charge in [-0.15, -0.1) is 0 Å². The number of piperazine rings is 1. The van der Waals surface area contributed by atoms with Crippen molar-refractivity contribution in [2.75, 3.05) is 55.9 Å². The first-order valence-electron chi connectivity index (χ1n) is 11.3. The van der Waals surface area contributed by atoms with E-state index in [1.165, 1.54) is 6.07 Å². The minimum Gasteiger partial charge on any atom is -0.497 e. The number of nitrogens with one attached hydrogen (secondary N) is 3. The molecule has 0 saturated carbocycles. The number of rotatable bonds is 7. The summed E-state index contributed by atoms with van der Waals surface area (Å²) in [5, 5.41) is 10.6. The van der Waals surface area contributed by atoms with Gasteiger partial charge in [-0.1, -0.05) is 0 Å². The molecule has 2 aromatic heterocycles. The van der Waals surface area contributed by atoms with Gasteiger partial charge in [0.1, 0.15) is 17.2 Å². The predicted octanol–water partition coefficient (Wildman–Crippen LogP) is 3.82. The molecule has 2 aromatic carbocycles. The summed E-state index contributed by atoms with van der Waals surface area (Å²) in [5.74, 6) is 0.962. The SMILES string of the molecule is CNc1ccc(OC)cc1Cn1ccc2cnc(Nc3ccc(N4CCNCC4)c(F)c3)nc21. The molecule has 0 radical (unpaired) electrons. The Morgan fingerprint density at radius 2 is 1.97 bits per heavy atom. The maximum atomic E-state index is 14.8. The molecule has 0 amide bonds. The van der Waals surface area contributed by atoms with E-state index in [4.69, 9.17) is 9.72 Å². The second-order valence-corrected chi connectivity index (χ2v) is 8.22. The molecule has 176 valence electrons. The number of anilines is 4. The molecule has 1 aliphatic rings. The molecule has 0 bridgehead atoms. The highest BCUT2D eigenvalue weighted by molar-refractivity contribution is 5.77. The summed E-state index contributed by atoms with van der Waals surface area (Å²) in [6.45, 7) is 3.92.